The van der Waals surface area contributed by atoms with Crippen molar-refractivity contribution in [3.05, 3.63) is 17.5 Å². The number of nitrogens with zero attached hydrogens (tertiary/aromatic N) is 3. The third-order valence-electron chi connectivity index (χ3n) is 3.14. The normalized spacial score (nSPS) is 23.7. The lowest BCUT2D eigenvalue weighted by molar-refractivity contribution is -0.225. The van der Waals surface area contributed by atoms with Crippen LogP contribution in [0.5, 0.6) is 0 Å². The van der Waals surface area contributed by atoms with Gasteiger partial charge in [0, 0.05) is 13.1 Å². The lowest BCUT2D eigenvalue weighted by Crippen LogP contribution is -2.47. The molecule has 0 bridgehead atoms. The van der Waals surface area contributed by atoms with Crippen molar-refractivity contribution in [2.24, 2.45) is 5.41 Å². The van der Waals surface area contributed by atoms with Gasteiger partial charge in [-0.1, -0.05) is 11.6 Å². The monoisotopic (exact) mass is 295 g/mol. The second-order valence-corrected chi connectivity index (χ2v) is 4.64. The molecule has 2 heterocycles. The van der Waals surface area contributed by atoms with Crippen LogP contribution in [0, 0.1) is 5.41 Å². The summed E-state index contributed by atoms with van der Waals surface area (Å²) >= 11 is 5.61. The smallest absolute Gasteiger partial charge is 0.406 e. The summed E-state index contributed by atoms with van der Waals surface area (Å²) in [5.74, 6) is -1.74. The number of halogens is 4. The molecule has 0 amide bonds. The topological polar surface area (TPSA) is 66.3 Å². The van der Waals surface area contributed by atoms with Crippen molar-refractivity contribution in [1.29, 1.82) is 0 Å². The summed E-state index contributed by atoms with van der Waals surface area (Å²) in [5.41, 5.74) is -2.77. The van der Waals surface area contributed by atoms with Crippen LogP contribution in [0.15, 0.2) is 12.4 Å². The second kappa shape index (κ2) is 4.52. The predicted octanol–water partition coefficient (Wildman–Crippen LogP) is 1.97. The highest BCUT2D eigenvalue weighted by Crippen LogP contribution is 2.46. The first-order valence-electron chi connectivity index (χ1n) is 5.29. The molecule has 1 fully saturated rings. The van der Waals surface area contributed by atoms with Crippen molar-refractivity contribution >= 4 is 23.4 Å². The Balaban J connectivity index is 2.30. The van der Waals surface area contributed by atoms with E-state index in [1.807, 2.05) is 0 Å². The Kier molecular flexibility index (Phi) is 3.29. The van der Waals surface area contributed by atoms with Gasteiger partial charge in [-0.25, -0.2) is 4.98 Å². The van der Waals surface area contributed by atoms with Crippen LogP contribution in [0.3, 0.4) is 0 Å². The molecular weight excluding hydrogens is 287 g/mol. The average Bonchev–Trinajstić information content (AvgIpc) is 2.74. The molecular formula is C10H9ClF3N3O2. The standard InChI is InChI=1S/C10H9ClF3N3O2/c11-6-3-15-4-7(16-6)17-2-1-9(5-17,8(18)19)10(12,13)14/h3-4H,1-2,5H2,(H,18,19). The maximum atomic E-state index is 13.0. The van der Waals surface area contributed by atoms with Crippen LogP contribution < -0.4 is 4.90 Å². The number of carbonyl (C=O) groups is 1. The van der Waals surface area contributed by atoms with E-state index >= 15 is 0 Å². The molecule has 1 aromatic heterocycles. The van der Waals surface area contributed by atoms with Gasteiger partial charge >= 0.3 is 12.1 Å². The van der Waals surface area contributed by atoms with E-state index in [9.17, 15) is 18.0 Å². The maximum Gasteiger partial charge on any atom is 0.406 e. The van der Waals surface area contributed by atoms with Crippen LogP contribution in [0.1, 0.15) is 6.42 Å². The molecule has 0 aromatic carbocycles. The Morgan fingerprint density at radius 2 is 2.16 bits per heavy atom. The van der Waals surface area contributed by atoms with Crippen LogP contribution in [0.4, 0.5) is 19.0 Å². The summed E-state index contributed by atoms with van der Waals surface area (Å²) < 4.78 is 38.9. The van der Waals surface area contributed by atoms with Crippen molar-refractivity contribution in [1.82, 2.24) is 9.97 Å². The highest BCUT2D eigenvalue weighted by molar-refractivity contribution is 6.29. The molecule has 2 rings (SSSR count). The molecule has 1 aliphatic heterocycles. The summed E-state index contributed by atoms with van der Waals surface area (Å²) in [5, 5.41) is 8.95. The number of alkyl halides is 3. The Morgan fingerprint density at radius 3 is 2.63 bits per heavy atom. The number of hydrogen-bond acceptors (Lipinski definition) is 4. The highest BCUT2D eigenvalue weighted by Gasteiger charge is 2.63. The molecule has 1 unspecified atom stereocenters. The van der Waals surface area contributed by atoms with Gasteiger partial charge in [-0.15, -0.1) is 0 Å². The zero-order valence-corrected chi connectivity index (χ0v) is 10.2. The Hall–Kier alpha value is -1.57. The zero-order chi connectivity index (χ0) is 14.3. The quantitative estimate of drug-likeness (QED) is 0.903. The Morgan fingerprint density at radius 1 is 1.47 bits per heavy atom. The molecule has 1 atom stereocenters. The van der Waals surface area contributed by atoms with E-state index in [4.69, 9.17) is 16.7 Å². The minimum absolute atomic E-state index is 0.0392. The summed E-state index contributed by atoms with van der Waals surface area (Å²) in [4.78, 5) is 19.8. The van der Waals surface area contributed by atoms with E-state index in [2.05, 4.69) is 9.97 Å². The summed E-state index contributed by atoms with van der Waals surface area (Å²) in [6.45, 7) is -0.762. The van der Waals surface area contributed by atoms with E-state index < -0.39 is 30.5 Å². The first kappa shape index (κ1) is 13.9. The van der Waals surface area contributed by atoms with Crippen LogP contribution in [-0.4, -0.2) is 40.3 Å². The largest absolute Gasteiger partial charge is 0.481 e. The number of carboxylic acids is 1. The number of anilines is 1. The van der Waals surface area contributed by atoms with E-state index in [0.717, 1.165) is 0 Å². The van der Waals surface area contributed by atoms with Gasteiger partial charge in [0.1, 0.15) is 11.0 Å². The number of hydrogen-bond donors (Lipinski definition) is 1. The fourth-order valence-electron chi connectivity index (χ4n) is 2.02. The molecule has 104 valence electrons. The Labute approximate surface area is 111 Å². The van der Waals surface area contributed by atoms with Gasteiger partial charge < -0.3 is 10.0 Å². The predicted molar refractivity (Wildman–Crippen MR) is 60.0 cm³/mol. The molecule has 0 saturated carbocycles. The van der Waals surface area contributed by atoms with E-state index in [1.54, 1.807) is 0 Å². The summed E-state index contributed by atoms with van der Waals surface area (Å²) in [7, 11) is 0. The number of aromatic nitrogens is 2. The van der Waals surface area contributed by atoms with Crippen molar-refractivity contribution in [3.8, 4) is 0 Å². The molecule has 9 heteroatoms. The van der Waals surface area contributed by atoms with Gasteiger partial charge in [0.25, 0.3) is 0 Å². The van der Waals surface area contributed by atoms with E-state index in [-0.39, 0.29) is 17.5 Å². The van der Waals surface area contributed by atoms with Gasteiger partial charge in [0.15, 0.2) is 5.41 Å². The fraction of sp³-hybridized carbons (Fsp3) is 0.500. The SMILES string of the molecule is O=C(O)C1(C(F)(F)F)CCN(c2cncc(Cl)n2)C1. The van der Waals surface area contributed by atoms with Crippen molar-refractivity contribution < 1.29 is 23.1 Å². The molecule has 1 aliphatic rings. The van der Waals surface area contributed by atoms with E-state index in [1.165, 1.54) is 17.3 Å². The van der Waals surface area contributed by atoms with Gasteiger partial charge in [0.2, 0.25) is 0 Å². The van der Waals surface area contributed by atoms with Crippen molar-refractivity contribution in [3.63, 3.8) is 0 Å². The van der Waals surface area contributed by atoms with Crippen LogP contribution in [0.25, 0.3) is 0 Å². The first-order valence-corrected chi connectivity index (χ1v) is 5.67. The maximum absolute atomic E-state index is 13.0. The fourth-order valence-corrected chi connectivity index (χ4v) is 2.16. The van der Waals surface area contributed by atoms with Crippen LogP contribution >= 0.6 is 11.6 Å². The zero-order valence-electron chi connectivity index (χ0n) is 9.48. The lowest BCUT2D eigenvalue weighted by atomic mass is 9.86. The number of carboxylic acid groups (broad SMARTS) is 1. The first-order chi connectivity index (χ1) is 8.76. The van der Waals surface area contributed by atoms with Crippen LogP contribution in [-0.2, 0) is 4.79 Å². The third kappa shape index (κ3) is 2.32. The highest BCUT2D eigenvalue weighted by atomic mass is 35.5. The lowest BCUT2D eigenvalue weighted by Gasteiger charge is -2.27. The second-order valence-electron chi connectivity index (χ2n) is 4.26. The van der Waals surface area contributed by atoms with Gasteiger partial charge in [-0.3, -0.25) is 9.78 Å². The van der Waals surface area contributed by atoms with Crippen molar-refractivity contribution in [2.45, 2.75) is 12.6 Å². The molecule has 1 saturated heterocycles. The molecule has 5 nitrogen and oxygen atoms in total. The average molecular weight is 296 g/mol. The molecule has 1 N–H and O–H groups in total. The van der Waals surface area contributed by atoms with E-state index in [0.29, 0.717) is 0 Å². The molecule has 0 radical (unpaired) electrons. The third-order valence-corrected chi connectivity index (χ3v) is 3.32. The molecule has 0 aliphatic carbocycles. The van der Waals surface area contributed by atoms with Crippen molar-refractivity contribution in [2.75, 3.05) is 18.0 Å². The summed E-state index contributed by atoms with van der Waals surface area (Å²) in [6, 6.07) is 0. The number of rotatable bonds is 2. The van der Waals surface area contributed by atoms with Crippen LogP contribution in [0.2, 0.25) is 5.15 Å². The molecule has 1 aromatic rings. The molecule has 19 heavy (non-hydrogen) atoms. The minimum Gasteiger partial charge on any atom is -0.481 e. The number of aliphatic carboxylic acids is 1. The van der Waals surface area contributed by atoms with Gasteiger partial charge in [-0.05, 0) is 6.42 Å². The minimum atomic E-state index is -4.82. The molecule has 0 spiro atoms. The van der Waals surface area contributed by atoms with Gasteiger partial charge in [0.05, 0.1) is 12.4 Å². The summed E-state index contributed by atoms with van der Waals surface area (Å²) in [6.07, 6.45) is -2.85. The van der Waals surface area contributed by atoms with Gasteiger partial charge in [-0.2, -0.15) is 13.2 Å². The Bertz CT molecular complexity index is 511.